The minimum absolute atomic E-state index is 0.994. The Morgan fingerprint density at radius 3 is 1.41 bits per heavy atom. The summed E-state index contributed by atoms with van der Waals surface area (Å²) in [6.07, 6.45) is 0. The zero-order chi connectivity index (χ0) is 32.1. The molecule has 4 saturated carbocycles. The smallest absolute Gasteiger partial charge is 0.354 e. The number of alkyl halides is 17. The first-order chi connectivity index (χ1) is 18.2. The van der Waals surface area contributed by atoms with E-state index in [-0.39, 0.29) is 0 Å². The Hall–Kier alpha value is -1.57. The summed E-state index contributed by atoms with van der Waals surface area (Å²) in [6.45, 7) is -7.85. The number of esters is 1. The van der Waals surface area contributed by atoms with Crippen molar-refractivity contribution in [3.8, 4) is 0 Å². The van der Waals surface area contributed by atoms with Crippen LogP contribution in [0.3, 0.4) is 0 Å². The predicted octanol–water partition coefficient (Wildman–Crippen LogP) is 3.74. The number of hydrogen-bond acceptors (Lipinski definition) is 8. The van der Waals surface area contributed by atoms with Crippen LogP contribution in [-0.2, 0) is 28.4 Å². The van der Waals surface area contributed by atoms with E-state index >= 15 is 0 Å². The Balaban J connectivity index is 1.93. The number of hydrogen-bond donors (Lipinski definition) is 0. The number of halogens is 17. The minimum atomic E-state index is -7.97. The van der Waals surface area contributed by atoms with Gasteiger partial charge in [0.25, 0.3) is 5.60 Å². The van der Waals surface area contributed by atoms with Gasteiger partial charge in [0.1, 0.15) is 18.6 Å². The van der Waals surface area contributed by atoms with E-state index in [2.05, 4.69) is 23.6 Å². The van der Waals surface area contributed by atoms with E-state index in [0.717, 1.165) is 0 Å². The monoisotopic (exact) mass is 667 g/mol. The van der Waals surface area contributed by atoms with E-state index in [1.807, 2.05) is 0 Å². The molecule has 0 N–H and O–H groups in total. The van der Waals surface area contributed by atoms with Gasteiger partial charge in [-0.3, -0.25) is 5.04 Å². The maximum atomic E-state index is 14.9. The molecular formula is C16H8F17O7S-. The van der Waals surface area contributed by atoms with Gasteiger partial charge in [0.05, 0.1) is 13.2 Å². The molecule has 4 aliphatic rings. The molecule has 0 aromatic rings. The molecule has 41 heavy (non-hydrogen) atoms. The third-order valence-electron chi connectivity index (χ3n) is 6.57. The normalized spacial score (nSPS) is 38.6. The quantitative estimate of drug-likeness (QED) is 0.0824. The molecule has 4 fully saturated rings. The first-order valence-corrected chi connectivity index (χ1v) is 10.6. The van der Waals surface area contributed by atoms with Crippen molar-refractivity contribution in [3.63, 3.8) is 0 Å². The predicted molar refractivity (Wildman–Crippen MR) is 86.4 cm³/mol. The van der Waals surface area contributed by atoms with E-state index in [0.29, 0.717) is 0 Å². The highest BCUT2D eigenvalue weighted by Crippen LogP contribution is 2.88. The third kappa shape index (κ3) is 3.19. The second-order valence-corrected chi connectivity index (χ2v) is 9.42. The van der Waals surface area contributed by atoms with Crippen LogP contribution in [0.2, 0.25) is 0 Å². The van der Waals surface area contributed by atoms with Gasteiger partial charge in [-0.15, -0.1) is 0 Å². The lowest BCUT2D eigenvalue weighted by atomic mass is 9.40. The van der Waals surface area contributed by atoms with Crippen molar-refractivity contribution in [2.45, 2.75) is 63.4 Å². The van der Waals surface area contributed by atoms with Gasteiger partial charge in [0.15, 0.2) is 6.61 Å². The van der Waals surface area contributed by atoms with Gasteiger partial charge >= 0.3 is 63.8 Å². The van der Waals surface area contributed by atoms with Gasteiger partial charge in [0, 0.05) is 0 Å². The second kappa shape index (κ2) is 8.98. The molecule has 0 atom stereocenters. The van der Waals surface area contributed by atoms with E-state index < -0.39 is 108 Å². The number of carbonyl (C=O) groups is 1. The van der Waals surface area contributed by atoms with E-state index in [1.165, 1.54) is 0 Å². The molecule has 240 valence electrons. The minimum Gasteiger partial charge on any atom is -0.691 e. The summed E-state index contributed by atoms with van der Waals surface area (Å²) in [5.74, 6) is -49.1. The van der Waals surface area contributed by atoms with Crippen LogP contribution in [0, 0.1) is 0 Å². The van der Waals surface area contributed by atoms with E-state index in [4.69, 9.17) is 0 Å². The van der Waals surface area contributed by atoms with Crippen molar-refractivity contribution in [1.82, 2.24) is 0 Å². The van der Waals surface area contributed by atoms with Gasteiger partial charge in [-0.2, -0.15) is 65.8 Å². The average Bonchev–Trinajstić information content (AvgIpc) is 2.83. The van der Waals surface area contributed by atoms with Crippen LogP contribution < -0.4 is 5.26 Å². The molecule has 0 heterocycles. The number of ether oxygens (including phenoxy) is 3. The highest BCUT2D eigenvalue weighted by atomic mass is 32.2. The summed E-state index contributed by atoms with van der Waals surface area (Å²) in [6, 6.07) is 0. The van der Waals surface area contributed by atoms with Crippen LogP contribution in [0.1, 0.15) is 0 Å². The molecule has 4 bridgehead atoms. The standard InChI is InChI=1S/C16H9F17O7S/c17-6(18,41-40-39-35)4-37-5(34)3-36-1-2-38-10-14(28,29)7(19)11(22,23)8(20,15(10,30)31)13(26,27)9(21,12(7,24)25)16(10,32)33/h35H,1-4H2/p-1. The maximum absolute atomic E-state index is 14.9. The van der Waals surface area contributed by atoms with Gasteiger partial charge in [0.2, 0.25) is 0 Å². The zero-order valence-corrected chi connectivity index (χ0v) is 19.3. The van der Waals surface area contributed by atoms with Crippen LogP contribution in [-0.4, -0.2) is 95.8 Å². The average molecular weight is 667 g/mol. The summed E-state index contributed by atoms with van der Waals surface area (Å²) >= 11 is -0.994. The molecule has 0 aromatic carbocycles. The molecule has 4 aliphatic carbocycles. The van der Waals surface area contributed by atoms with Crippen LogP contribution in [0.15, 0.2) is 0 Å². The third-order valence-corrected chi connectivity index (χ3v) is 7.06. The highest BCUT2D eigenvalue weighted by Gasteiger charge is 3.23. The first kappa shape index (κ1) is 33.9. The van der Waals surface area contributed by atoms with Crippen molar-refractivity contribution in [2.24, 2.45) is 0 Å². The van der Waals surface area contributed by atoms with Gasteiger partial charge in [-0.25, -0.2) is 18.0 Å². The molecule has 0 spiro atoms. The Morgan fingerprint density at radius 1 is 0.659 bits per heavy atom. The van der Waals surface area contributed by atoms with E-state index in [1.54, 1.807) is 0 Å². The first-order valence-electron chi connectivity index (χ1n) is 9.89. The summed E-state index contributed by atoms with van der Waals surface area (Å²) in [5, 5.41) is 7.84. The van der Waals surface area contributed by atoms with Gasteiger partial charge in [-0.05, 0) is 0 Å². The molecule has 0 aromatic heterocycles. The fourth-order valence-corrected chi connectivity index (χ4v) is 5.02. The molecule has 4 rings (SSSR count). The second-order valence-electron chi connectivity index (χ2n) is 8.52. The summed E-state index contributed by atoms with van der Waals surface area (Å²) < 4.78 is 260. The Bertz CT molecular complexity index is 958. The summed E-state index contributed by atoms with van der Waals surface area (Å²) in [4.78, 5) is 11.3. The summed E-state index contributed by atoms with van der Waals surface area (Å²) in [5.41, 5.74) is -30.6. The number of rotatable bonds is 11. The zero-order valence-electron chi connectivity index (χ0n) is 18.5. The maximum Gasteiger partial charge on any atom is 0.354 e. The largest absolute Gasteiger partial charge is 0.691 e. The summed E-state index contributed by atoms with van der Waals surface area (Å²) in [7, 11) is 0. The Labute approximate surface area is 217 Å². The SMILES string of the molecule is O=C(COCCOC12C(F)(F)C3(F)C(F)(F)C(F)(C(F)(F)C(F)(C3(F)F)C1(F)F)C2(F)F)OCC(F)(F)SOO[O-]. The molecule has 0 aliphatic heterocycles. The van der Waals surface area contributed by atoms with Crippen LogP contribution in [0.5, 0.6) is 0 Å². The lowest BCUT2D eigenvalue weighted by Gasteiger charge is -2.74. The fraction of sp³-hybridized carbons (Fsp3) is 0.938. The number of carbonyl (C=O) groups excluding carboxylic acids is 1. The molecule has 0 radical (unpaired) electrons. The van der Waals surface area contributed by atoms with Crippen molar-refractivity contribution >= 4 is 18.0 Å². The molecular weight excluding hydrogens is 659 g/mol. The van der Waals surface area contributed by atoms with Gasteiger partial charge < -0.3 is 19.5 Å². The molecule has 0 amide bonds. The topological polar surface area (TPSA) is 86.3 Å². The van der Waals surface area contributed by atoms with Crippen molar-refractivity contribution in [3.05, 3.63) is 0 Å². The molecule has 0 saturated heterocycles. The van der Waals surface area contributed by atoms with Crippen molar-refractivity contribution in [1.29, 1.82) is 0 Å². The van der Waals surface area contributed by atoms with Crippen molar-refractivity contribution in [2.75, 3.05) is 26.4 Å². The van der Waals surface area contributed by atoms with E-state index in [9.17, 15) is 84.7 Å². The Morgan fingerprint density at radius 2 is 1.05 bits per heavy atom. The molecule has 7 nitrogen and oxygen atoms in total. The van der Waals surface area contributed by atoms with Crippen LogP contribution in [0.4, 0.5) is 74.6 Å². The van der Waals surface area contributed by atoms with Gasteiger partial charge in [-0.1, -0.05) is 0 Å². The molecule has 25 heteroatoms. The Kier molecular flexibility index (Phi) is 7.43. The lowest BCUT2D eigenvalue weighted by Crippen LogP contribution is -3.10. The molecule has 0 unspecified atom stereocenters. The van der Waals surface area contributed by atoms with Crippen LogP contribution in [0.25, 0.3) is 0 Å². The highest BCUT2D eigenvalue weighted by molar-refractivity contribution is 7.95. The van der Waals surface area contributed by atoms with Crippen LogP contribution >= 0.6 is 12.0 Å². The lowest BCUT2D eigenvalue weighted by molar-refractivity contribution is -0.777. The van der Waals surface area contributed by atoms with Crippen molar-refractivity contribution < 1.29 is 108 Å². The fourth-order valence-electron chi connectivity index (χ4n) is 4.78.